The molecule has 0 saturated heterocycles. The summed E-state index contributed by atoms with van der Waals surface area (Å²) in [5.41, 5.74) is -0.136. The van der Waals surface area contributed by atoms with Gasteiger partial charge in [-0.25, -0.2) is 0 Å². The summed E-state index contributed by atoms with van der Waals surface area (Å²) < 4.78 is 0. The Morgan fingerprint density at radius 3 is 2.27 bits per heavy atom. The van der Waals surface area contributed by atoms with Gasteiger partial charge >= 0.3 is 0 Å². The molecule has 2 heteroatoms. The van der Waals surface area contributed by atoms with Gasteiger partial charge < -0.3 is 0 Å². The van der Waals surface area contributed by atoms with E-state index in [1.165, 1.54) is 12.8 Å². The van der Waals surface area contributed by atoms with Crippen LogP contribution in [0, 0.1) is 5.92 Å². The number of likely N-dealkylation sites (N-methyl/N-ethyl adjacent to an activating group) is 1. The SMILES string of the molecule is CCCC(=O)C1(N(C)C)CCC(C)CC1. The lowest BCUT2D eigenvalue weighted by molar-refractivity contribution is -0.132. The molecule has 0 bridgehead atoms. The molecule has 0 N–H and O–H groups in total. The van der Waals surface area contributed by atoms with Gasteiger partial charge in [0.25, 0.3) is 0 Å². The van der Waals surface area contributed by atoms with E-state index < -0.39 is 0 Å². The first-order chi connectivity index (χ1) is 7.03. The van der Waals surface area contributed by atoms with Crippen molar-refractivity contribution in [3.8, 4) is 0 Å². The summed E-state index contributed by atoms with van der Waals surface area (Å²) in [7, 11) is 4.12. The number of ketones is 1. The minimum Gasteiger partial charge on any atom is -0.298 e. The van der Waals surface area contributed by atoms with E-state index in [1.54, 1.807) is 0 Å². The Hall–Kier alpha value is -0.370. The molecule has 0 radical (unpaired) electrons. The molecule has 0 atom stereocenters. The molecule has 0 aromatic heterocycles. The van der Waals surface area contributed by atoms with Gasteiger partial charge in [0.1, 0.15) is 0 Å². The minimum absolute atomic E-state index is 0.136. The Kier molecular flexibility index (Phi) is 4.32. The minimum atomic E-state index is -0.136. The number of nitrogens with zero attached hydrogens (tertiary/aromatic N) is 1. The second-order valence-electron chi connectivity index (χ2n) is 5.28. The van der Waals surface area contributed by atoms with E-state index in [0.29, 0.717) is 5.78 Å². The average Bonchev–Trinajstić information content (AvgIpc) is 2.19. The summed E-state index contributed by atoms with van der Waals surface area (Å²) in [4.78, 5) is 14.4. The summed E-state index contributed by atoms with van der Waals surface area (Å²) in [6, 6.07) is 0. The van der Waals surface area contributed by atoms with E-state index in [2.05, 4.69) is 32.8 Å². The normalized spacial score (nSPS) is 31.9. The van der Waals surface area contributed by atoms with Crippen molar-refractivity contribution in [1.82, 2.24) is 4.90 Å². The van der Waals surface area contributed by atoms with Crippen molar-refractivity contribution in [3.63, 3.8) is 0 Å². The molecule has 0 aromatic rings. The first-order valence-corrected chi connectivity index (χ1v) is 6.23. The summed E-state index contributed by atoms with van der Waals surface area (Å²) in [6.07, 6.45) is 6.23. The van der Waals surface area contributed by atoms with E-state index in [4.69, 9.17) is 0 Å². The van der Waals surface area contributed by atoms with Gasteiger partial charge in [-0.1, -0.05) is 13.8 Å². The second-order valence-corrected chi connectivity index (χ2v) is 5.28. The van der Waals surface area contributed by atoms with Crippen LogP contribution in [0.25, 0.3) is 0 Å². The van der Waals surface area contributed by atoms with Crippen LogP contribution in [0.1, 0.15) is 52.4 Å². The number of hydrogen-bond donors (Lipinski definition) is 0. The monoisotopic (exact) mass is 211 g/mol. The molecular weight excluding hydrogens is 186 g/mol. The van der Waals surface area contributed by atoms with Crippen molar-refractivity contribution >= 4 is 5.78 Å². The third-order valence-electron chi connectivity index (χ3n) is 3.95. The van der Waals surface area contributed by atoms with E-state index in [0.717, 1.165) is 31.6 Å². The summed E-state index contributed by atoms with van der Waals surface area (Å²) >= 11 is 0. The molecule has 1 aliphatic carbocycles. The molecule has 0 unspecified atom stereocenters. The highest BCUT2D eigenvalue weighted by Crippen LogP contribution is 2.36. The zero-order valence-corrected chi connectivity index (χ0v) is 10.7. The van der Waals surface area contributed by atoms with Gasteiger partial charge in [0.05, 0.1) is 5.54 Å². The predicted octanol–water partition coefficient (Wildman–Crippen LogP) is 2.87. The van der Waals surface area contributed by atoms with Gasteiger partial charge in [0, 0.05) is 6.42 Å². The van der Waals surface area contributed by atoms with Crippen LogP contribution in [0.15, 0.2) is 0 Å². The molecule has 1 rings (SSSR count). The van der Waals surface area contributed by atoms with Crippen LogP contribution in [0.3, 0.4) is 0 Å². The lowest BCUT2D eigenvalue weighted by atomic mass is 9.73. The standard InChI is InChI=1S/C13H25NO/c1-5-6-12(15)13(14(3)4)9-7-11(2)8-10-13/h11H,5-10H2,1-4H3. The van der Waals surface area contributed by atoms with Crippen molar-refractivity contribution in [3.05, 3.63) is 0 Å². The molecule has 0 amide bonds. The Balaban J connectivity index is 2.75. The molecule has 88 valence electrons. The first-order valence-electron chi connectivity index (χ1n) is 6.23. The molecular formula is C13H25NO. The third-order valence-corrected chi connectivity index (χ3v) is 3.95. The summed E-state index contributed by atoms with van der Waals surface area (Å²) in [6.45, 7) is 4.39. The van der Waals surface area contributed by atoms with Crippen LogP contribution in [0.4, 0.5) is 0 Å². The van der Waals surface area contributed by atoms with E-state index >= 15 is 0 Å². The van der Waals surface area contributed by atoms with Crippen LogP contribution in [0.2, 0.25) is 0 Å². The maximum Gasteiger partial charge on any atom is 0.153 e. The van der Waals surface area contributed by atoms with Gasteiger partial charge in [-0.15, -0.1) is 0 Å². The molecule has 0 spiro atoms. The van der Waals surface area contributed by atoms with Gasteiger partial charge in [0.2, 0.25) is 0 Å². The van der Waals surface area contributed by atoms with Gasteiger partial charge in [-0.2, -0.15) is 0 Å². The predicted molar refractivity (Wildman–Crippen MR) is 64.0 cm³/mol. The number of carbonyl (C=O) groups is 1. The fourth-order valence-electron chi connectivity index (χ4n) is 2.67. The zero-order valence-electron chi connectivity index (χ0n) is 10.7. The smallest absolute Gasteiger partial charge is 0.153 e. The fourth-order valence-corrected chi connectivity index (χ4v) is 2.67. The van der Waals surface area contributed by atoms with Crippen molar-refractivity contribution in [1.29, 1.82) is 0 Å². The van der Waals surface area contributed by atoms with Crippen LogP contribution < -0.4 is 0 Å². The van der Waals surface area contributed by atoms with Crippen LogP contribution in [-0.2, 0) is 4.79 Å². The van der Waals surface area contributed by atoms with Gasteiger partial charge in [-0.3, -0.25) is 9.69 Å². The lowest BCUT2D eigenvalue weighted by Crippen LogP contribution is -2.53. The third kappa shape index (κ3) is 2.60. The fraction of sp³-hybridized carbons (Fsp3) is 0.923. The van der Waals surface area contributed by atoms with Gasteiger partial charge in [0.15, 0.2) is 5.78 Å². The van der Waals surface area contributed by atoms with Crippen LogP contribution >= 0.6 is 0 Å². The van der Waals surface area contributed by atoms with E-state index in [9.17, 15) is 4.79 Å². The highest BCUT2D eigenvalue weighted by atomic mass is 16.1. The van der Waals surface area contributed by atoms with Crippen LogP contribution in [0.5, 0.6) is 0 Å². The number of hydrogen-bond acceptors (Lipinski definition) is 2. The molecule has 2 nitrogen and oxygen atoms in total. The topological polar surface area (TPSA) is 20.3 Å². The number of rotatable bonds is 4. The van der Waals surface area contributed by atoms with Crippen molar-refractivity contribution in [2.24, 2.45) is 5.92 Å². The molecule has 1 saturated carbocycles. The van der Waals surface area contributed by atoms with Crippen molar-refractivity contribution in [2.75, 3.05) is 14.1 Å². The Morgan fingerprint density at radius 1 is 1.33 bits per heavy atom. The second kappa shape index (κ2) is 5.11. The van der Waals surface area contributed by atoms with E-state index in [1.807, 2.05) is 0 Å². The first kappa shape index (κ1) is 12.7. The Bertz CT molecular complexity index is 215. The Labute approximate surface area is 94.0 Å². The molecule has 0 heterocycles. The molecule has 1 fully saturated rings. The maximum atomic E-state index is 12.2. The van der Waals surface area contributed by atoms with E-state index in [-0.39, 0.29) is 5.54 Å². The molecule has 15 heavy (non-hydrogen) atoms. The average molecular weight is 211 g/mol. The highest BCUT2D eigenvalue weighted by molar-refractivity contribution is 5.88. The molecule has 0 aliphatic heterocycles. The number of Topliss-reactive ketones (excluding diaryl/α,β-unsaturated/α-hetero) is 1. The van der Waals surface area contributed by atoms with Crippen LogP contribution in [-0.4, -0.2) is 30.3 Å². The molecule has 0 aromatic carbocycles. The quantitative estimate of drug-likeness (QED) is 0.712. The zero-order chi connectivity index (χ0) is 11.5. The lowest BCUT2D eigenvalue weighted by Gasteiger charge is -2.43. The highest BCUT2D eigenvalue weighted by Gasteiger charge is 2.41. The largest absolute Gasteiger partial charge is 0.298 e. The van der Waals surface area contributed by atoms with Crippen molar-refractivity contribution < 1.29 is 4.79 Å². The summed E-state index contributed by atoms with van der Waals surface area (Å²) in [5.74, 6) is 1.26. The summed E-state index contributed by atoms with van der Waals surface area (Å²) in [5, 5.41) is 0. The molecule has 1 aliphatic rings. The maximum absolute atomic E-state index is 12.2. The van der Waals surface area contributed by atoms with Crippen molar-refractivity contribution in [2.45, 2.75) is 57.9 Å². The number of carbonyl (C=O) groups excluding carboxylic acids is 1. The van der Waals surface area contributed by atoms with Gasteiger partial charge in [-0.05, 0) is 52.1 Å². The Morgan fingerprint density at radius 2 is 1.87 bits per heavy atom.